The Morgan fingerprint density at radius 2 is 2.10 bits per heavy atom. The van der Waals surface area contributed by atoms with Gasteiger partial charge in [-0.25, -0.2) is 4.79 Å². The van der Waals surface area contributed by atoms with E-state index in [2.05, 4.69) is 5.32 Å². The van der Waals surface area contributed by atoms with Crippen LogP contribution in [0.1, 0.15) is 12.8 Å². The molecule has 1 rings (SSSR count). The van der Waals surface area contributed by atoms with E-state index in [1.165, 1.54) is 0 Å². The summed E-state index contributed by atoms with van der Waals surface area (Å²) in [5.74, 6) is 0. The lowest BCUT2D eigenvalue weighted by atomic mass is 10.4. The van der Waals surface area contributed by atoms with E-state index in [-0.39, 0.29) is 12.8 Å². The number of likely N-dealkylation sites (tertiary alicyclic amines) is 1. The van der Waals surface area contributed by atoms with Crippen molar-refractivity contribution in [3.05, 3.63) is 0 Å². The van der Waals surface area contributed by atoms with Crippen LogP contribution in [-0.2, 0) is 0 Å². The number of nitrogens with zero attached hydrogens (tertiary/aromatic N) is 1. The largest absolute Gasteiger partial charge is 0.376 e. The Hall–Kier alpha value is -0.770. The van der Waals surface area contributed by atoms with Crippen molar-refractivity contribution in [3.63, 3.8) is 0 Å². The molecule has 58 valence electrons. The molecule has 0 aromatic heterocycles. The molecule has 1 aliphatic rings. The van der Waals surface area contributed by atoms with Gasteiger partial charge in [0, 0.05) is 13.1 Å². The van der Waals surface area contributed by atoms with Gasteiger partial charge in [-0.15, -0.1) is 0 Å². The highest BCUT2D eigenvalue weighted by molar-refractivity contribution is 5.74. The number of carbonyl (C=O) groups excluding carboxylic acids is 1. The fourth-order valence-corrected chi connectivity index (χ4v) is 1.10. The second-order valence-corrected chi connectivity index (χ2v) is 2.33. The molecule has 10 heavy (non-hydrogen) atoms. The lowest BCUT2D eigenvalue weighted by molar-refractivity contribution is 0.189. The molecule has 4 heteroatoms. The summed E-state index contributed by atoms with van der Waals surface area (Å²) in [6, 6.07) is -0.153. The summed E-state index contributed by atoms with van der Waals surface area (Å²) in [5.41, 5.74) is 0. The summed E-state index contributed by atoms with van der Waals surface area (Å²) in [6.07, 6.45) is 2.16. The van der Waals surface area contributed by atoms with Gasteiger partial charge >= 0.3 is 6.03 Å². The minimum atomic E-state index is -0.269. The van der Waals surface area contributed by atoms with E-state index >= 15 is 0 Å². The molecule has 1 saturated heterocycles. The third-order valence-electron chi connectivity index (χ3n) is 1.62. The fraction of sp³-hybridized carbons (Fsp3) is 0.833. The van der Waals surface area contributed by atoms with Gasteiger partial charge in [0.05, 0.1) is 0 Å². The number of carbonyl (C=O) groups is 1. The van der Waals surface area contributed by atoms with Crippen LogP contribution in [0.2, 0.25) is 0 Å². The Morgan fingerprint density at radius 1 is 1.50 bits per heavy atom. The second kappa shape index (κ2) is 3.41. The Labute approximate surface area is 59.8 Å². The first-order valence-electron chi connectivity index (χ1n) is 3.48. The van der Waals surface area contributed by atoms with Gasteiger partial charge in [-0.1, -0.05) is 0 Å². The first kappa shape index (κ1) is 7.34. The molecule has 1 aliphatic heterocycles. The fourth-order valence-electron chi connectivity index (χ4n) is 1.10. The molecule has 0 aromatic rings. The molecule has 1 heterocycles. The first-order chi connectivity index (χ1) is 4.84. The van der Waals surface area contributed by atoms with Crippen LogP contribution in [0, 0.1) is 0 Å². The van der Waals surface area contributed by atoms with Crippen LogP contribution < -0.4 is 5.32 Å². The lowest BCUT2D eigenvalue weighted by Crippen LogP contribution is -2.38. The van der Waals surface area contributed by atoms with Gasteiger partial charge < -0.3 is 15.3 Å². The molecule has 1 fully saturated rings. The number of rotatable bonds is 1. The normalized spacial score (nSPS) is 17.5. The van der Waals surface area contributed by atoms with Crippen molar-refractivity contribution in [2.45, 2.75) is 12.8 Å². The molecule has 0 unspecified atom stereocenters. The molecular weight excluding hydrogens is 132 g/mol. The van der Waals surface area contributed by atoms with Crippen LogP contribution in [0.4, 0.5) is 4.79 Å². The summed E-state index contributed by atoms with van der Waals surface area (Å²) in [6.45, 7) is 1.38. The molecule has 0 saturated carbocycles. The number of nitrogens with one attached hydrogen (secondary N) is 1. The van der Waals surface area contributed by atoms with E-state index in [9.17, 15) is 4.79 Å². The van der Waals surface area contributed by atoms with E-state index in [4.69, 9.17) is 5.11 Å². The summed E-state index contributed by atoms with van der Waals surface area (Å²) < 4.78 is 0. The van der Waals surface area contributed by atoms with Crippen LogP contribution in [0.15, 0.2) is 0 Å². The molecule has 0 aromatic carbocycles. The maximum Gasteiger partial charge on any atom is 0.319 e. The Morgan fingerprint density at radius 3 is 2.60 bits per heavy atom. The number of amides is 2. The van der Waals surface area contributed by atoms with Gasteiger partial charge in [-0.05, 0) is 12.8 Å². The predicted octanol–water partition coefficient (Wildman–Crippen LogP) is -0.258. The molecular formula is C6H12N2O2. The van der Waals surface area contributed by atoms with Crippen molar-refractivity contribution < 1.29 is 9.90 Å². The molecule has 0 atom stereocenters. The van der Waals surface area contributed by atoms with Crippen LogP contribution in [-0.4, -0.2) is 35.9 Å². The van der Waals surface area contributed by atoms with Gasteiger partial charge in [0.25, 0.3) is 0 Å². The molecule has 0 spiro atoms. The van der Waals surface area contributed by atoms with Crippen molar-refractivity contribution in [1.29, 1.82) is 0 Å². The molecule has 0 bridgehead atoms. The van der Waals surface area contributed by atoms with E-state index in [1.54, 1.807) is 4.90 Å². The van der Waals surface area contributed by atoms with Gasteiger partial charge in [-0.2, -0.15) is 0 Å². The highest BCUT2D eigenvalue weighted by Crippen LogP contribution is 2.06. The summed E-state index contributed by atoms with van der Waals surface area (Å²) in [7, 11) is 0. The SMILES string of the molecule is O=C(NCO)N1CCCC1. The third kappa shape index (κ3) is 1.60. The average molecular weight is 144 g/mol. The minimum absolute atomic E-state index is 0.153. The van der Waals surface area contributed by atoms with Crippen LogP contribution in [0.25, 0.3) is 0 Å². The predicted molar refractivity (Wildman–Crippen MR) is 36.4 cm³/mol. The number of hydrogen-bond acceptors (Lipinski definition) is 2. The highest BCUT2D eigenvalue weighted by atomic mass is 16.3. The third-order valence-corrected chi connectivity index (χ3v) is 1.62. The maximum absolute atomic E-state index is 10.9. The average Bonchev–Trinajstić information content (AvgIpc) is 2.38. The number of aliphatic hydroxyl groups excluding tert-OH is 1. The van der Waals surface area contributed by atoms with Gasteiger partial charge in [-0.3, -0.25) is 0 Å². The Bertz CT molecular complexity index is 121. The molecule has 0 radical (unpaired) electrons. The number of hydrogen-bond donors (Lipinski definition) is 2. The monoisotopic (exact) mass is 144 g/mol. The highest BCUT2D eigenvalue weighted by Gasteiger charge is 2.16. The van der Waals surface area contributed by atoms with Gasteiger partial charge in [0.2, 0.25) is 0 Å². The zero-order chi connectivity index (χ0) is 7.40. The topological polar surface area (TPSA) is 52.6 Å². The van der Waals surface area contributed by atoms with Crippen molar-refractivity contribution in [2.24, 2.45) is 0 Å². The maximum atomic E-state index is 10.9. The standard InChI is InChI=1S/C6H12N2O2/c9-5-7-6(10)8-3-1-2-4-8/h9H,1-5H2,(H,7,10). The smallest absolute Gasteiger partial charge is 0.319 e. The Balaban J connectivity index is 2.25. The number of urea groups is 1. The molecule has 0 aliphatic carbocycles. The zero-order valence-corrected chi connectivity index (χ0v) is 5.84. The van der Waals surface area contributed by atoms with Gasteiger partial charge in [0.15, 0.2) is 0 Å². The first-order valence-corrected chi connectivity index (χ1v) is 3.48. The summed E-state index contributed by atoms with van der Waals surface area (Å²) >= 11 is 0. The molecule has 2 amide bonds. The minimum Gasteiger partial charge on any atom is -0.376 e. The van der Waals surface area contributed by atoms with Crippen molar-refractivity contribution >= 4 is 6.03 Å². The van der Waals surface area contributed by atoms with Crippen molar-refractivity contribution in [1.82, 2.24) is 10.2 Å². The van der Waals surface area contributed by atoms with E-state index in [0.29, 0.717) is 0 Å². The summed E-state index contributed by atoms with van der Waals surface area (Å²) in [5, 5.41) is 10.7. The van der Waals surface area contributed by atoms with Crippen molar-refractivity contribution in [2.75, 3.05) is 19.8 Å². The van der Waals surface area contributed by atoms with Crippen LogP contribution in [0.3, 0.4) is 0 Å². The quantitative estimate of drug-likeness (QED) is 0.498. The van der Waals surface area contributed by atoms with Crippen molar-refractivity contribution in [3.8, 4) is 0 Å². The molecule has 2 N–H and O–H groups in total. The second-order valence-electron chi connectivity index (χ2n) is 2.33. The van der Waals surface area contributed by atoms with E-state index in [0.717, 1.165) is 25.9 Å². The van der Waals surface area contributed by atoms with Crippen LogP contribution in [0.5, 0.6) is 0 Å². The molecule has 4 nitrogen and oxygen atoms in total. The Kier molecular flexibility index (Phi) is 2.50. The number of aliphatic hydroxyl groups is 1. The van der Waals surface area contributed by atoms with Gasteiger partial charge in [0.1, 0.15) is 6.73 Å². The van der Waals surface area contributed by atoms with E-state index < -0.39 is 0 Å². The summed E-state index contributed by atoms with van der Waals surface area (Å²) in [4.78, 5) is 12.6. The lowest BCUT2D eigenvalue weighted by Gasteiger charge is -2.14. The van der Waals surface area contributed by atoms with E-state index in [1.807, 2.05) is 0 Å². The zero-order valence-electron chi connectivity index (χ0n) is 5.84. The van der Waals surface area contributed by atoms with Crippen LogP contribution >= 0.6 is 0 Å².